The number of aromatic nitrogens is 2. The molecule has 1 fully saturated rings. The van der Waals surface area contributed by atoms with E-state index in [-0.39, 0.29) is 11.8 Å². The topological polar surface area (TPSA) is 93.2 Å². The van der Waals surface area contributed by atoms with Gasteiger partial charge >= 0.3 is 6.09 Å². The number of nitrogens with one attached hydrogen (secondary N) is 2. The SMILES string of the molecule is Cc1ccc(C(=O)NCCCNC(=O)OC(C)(C)C)c(C(c2nc3cc(Cl)ccc3nc2Cc2ccccc2)C2CC2)c1. The lowest BCUT2D eigenvalue weighted by molar-refractivity contribution is 0.0527. The number of carbonyl (C=O) groups excluding carboxylic acids is 2. The number of ether oxygens (including phenoxy) is 1. The Morgan fingerprint density at radius 1 is 0.953 bits per heavy atom. The van der Waals surface area contributed by atoms with Crippen LogP contribution in [-0.2, 0) is 11.2 Å². The number of amides is 2. The maximum absolute atomic E-state index is 13.6. The lowest BCUT2D eigenvalue weighted by Crippen LogP contribution is -2.34. The van der Waals surface area contributed by atoms with E-state index in [1.165, 1.54) is 0 Å². The molecule has 4 aromatic rings. The predicted octanol–water partition coefficient (Wildman–Crippen LogP) is 7.37. The fourth-order valence-electron chi connectivity index (χ4n) is 5.34. The van der Waals surface area contributed by atoms with Gasteiger partial charge in [0.15, 0.2) is 0 Å². The summed E-state index contributed by atoms with van der Waals surface area (Å²) in [4.78, 5) is 35.8. The number of nitrogens with zero attached hydrogens (tertiary/aromatic N) is 2. The third-order valence-corrected chi connectivity index (χ3v) is 7.66. The second-order valence-corrected chi connectivity index (χ2v) is 12.7. The Kier molecular flexibility index (Phi) is 9.31. The molecule has 0 radical (unpaired) electrons. The van der Waals surface area contributed by atoms with E-state index in [4.69, 9.17) is 26.3 Å². The second-order valence-electron chi connectivity index (χ2n) is 12.3. The number of alkyl carbamates (subject to hydrolysis) is 1. The summed E-state index contributed by atoms with van der Waals surface area (Å²) in [6.45, 7) is 8.34. The maximum atomic E-state index is 13.6. The van der Waals surface area contributed by atoms with E-state index in [2.05, 4.69) is 28.8 Å². The van der Waals surface area contributed by atoms with E-state index in [0.717, 1.165) is 52.0 Å². The Morgan fingerprint density at radius 2 is 1.70 bits per heavy atom. The zero-order valence-electron chi connectivity index (χ0n) is 25.2. The van der Waals surface area contributed by atoms with Gasteiger partial charge < -0.3 is 15.4 Å². The summed E-state index contributed by atoms with van der Waals surface area (Å²) in [5, 5.41) is 6.41. The highest BCUT2D eigenvalue weighted by Gasteiger charge is 2.38. The van der Waals surface area contributed by atoms with E-state index >= 15 is 0 Å². The summed E-state index contributed by atoms with van der Waals surface area (Å²) in [6, 6.07) is 21.9. The molecule has 2 N–H and O–H groups in total. The minimum Gasteiger partial charge on any atom is -0.444 e. The molecule has 1 aliphatic rings. The molecule has 3 aromatic carbocycles. The van der Waals surface area contributed by atoms with Gasteiger partial charge in [0.2, 0.25) is 0 Å². The number of benzene rings is 3. The van der Waals surface area contributed by atoms with Crippen LogP contribution < -0.4 is 10.6 Å². The largest absolute Gasteiger partial charge is 0.444 e. The highest BCUT2D eigenvalue weighted by atomic mass is 35.5. The van der Waals surface area contributed by atoms with Gasteiger partial charge in [0.1, 0.15) is 5.60 Å². The summed E-state index contributed by atoms with van der Waals surface area (Å²) in [5.41, 5.74) is 6.67. The van der Waals surface area contributed by atoms with Crippen LogP contribution in [0.4, 0.5) is 4.79 Å². The molecule has 0 bridgehead atoms. The molecule has 2 amide bonds. The predicted molar refractivity (Wildman–Crippen MR) is 171 cm³/mol. The number of halogens is 1. The lowest BCUT2D eigenvalue weighted by atomic mass is 9.84. The first-order valence-corrected chi connectivity index (χ1v) is 15.3. The Bertz CT molecular complexity index is 1610. The number of hydrogen-bond acceptors (Lipinski definition) is 5. The van der Waals surface area contributed by atoms with Crippen LogP contribution in [0.5, 0.6) is 0 Å². The van der Waals surface area contributed by atoms with Crippen molar-refractivity contribution in [1.82, 2.24) is 20.6 Å². The Morgan fingerprint density at radius 3 is 2.42 bits per heavy atom. The second kappa shape index (κ2) is 13.1. The number of hydrogen-bond donors (Lipinski definition) is 2. The number of carbonyl (C=O) groups is 2. The average molecular weight is 599 g/mol. The molecule has 1 atom stereocenters. The molecule has 0 spiro atoms. The summed E-state index contributed by atoms with van der Waals surface area (Å²) < 4.78 is 5.28. The van der Waals surface area contributed by atoms with Crippen molar-refractivity contribution in [2.24, 2.45) is 5.92 Å². The zero-order valence-corrected chi connectivity index (χ0v) is 26.0. The van der Waals surface area contributed by atoms with Crippen molar-refractivity contribution in [2.75, 3.05) is 13.1 Å². The fraction of sp³-hybridized carbons (Fsp3) is 0.371. The number of rotatable bonds is 10. The van der Waals surface area contributed by atoms with Gasteiger partial charge in [0.25, 0.3) is 5.91 Å². The first-order chi connectivity index (χ1) is 20.6. The van der Waals surface area contributed by atoms with Gasteiger partial charge in [-0.05, 0) is 88.3 Å². The maximum Gasteiger partial charge on any atom is 0.407 e. The molecule has 1 saturated carbocycles. The van der Waals surface area contributed by atoms with Crippen LogP contribution in [0.25, 0.3) is 11.0 Å². The van der Waals surface area contributed by atoms with Gasteiger partial charge in [0.05, 0.1) is 22.4 Å². The van der Waals surface area contributed by atoms with Gasteiger partial charge in [-0.1, -0.05) is 59.6 Å². The molecule has 1 unspecified atom stereocenters. The highest BCUT2D eigenvalue weighted by Crippen LogP contribution is 2.48. The van der Waals surface area contributed by atoms with E-state index in [1.807, 2.05) is 76.2 Å². The third kappa shape index (κ3) is 8.11. The van der Waals surface area contributed by atoms with Crippen molar-refractivity contribution in [3.8, 4) is 0 Å². The first kappa shape index (κ1) is 30.5. The van der Waals surface area contributed by atoms with Gasteiger partial charge in [-0.25, -0.2) is 14.8 Å². The van der Waals surface area contributed by atoms with E-state index in [0.29, 0.717) is 42.4 Å². The highest BCUT2D eigenvalue weighted by molar-refractivity contribution is 6.31. The molecule has 1 aliphatic carbocycles. The molecule has 0 aliphatic heterocycles. The normalized spacial score (nSPS) is 13.9. The molecule has 1 aromatic heterocycles. The summed E-state index contributed by atoms with van der Waals surface area (Å²) in [7, 11) is 0. The van der Waals surface area contributed by atoms with Crippen molar-refractivity contribution in [1.29, 1.82) is 0 Å². The van der Waals surface area contributed by atoms with Crippen LogP contribution in [0.15, 0.2) is 66.7 Å². The van der Waals surface area contributed by atoms with Crippen molar-refractivity contribution in [3.05, 3.63) is 105 Å². The summed E-state index contributed by atoms with van der Waals surface area (Å²) >= 11 is 6.37. The summed E-state index contributed by atoms with van der Waals surface area (Å²) in [6.07, 6.45) is 2.89. The molecule has 224 valence electrons. The molecule has 5 rings (SSSR count). The van der Waals surface area contributed by atoms with E-state index in [9.17, 15) is 9.59 Å². The standard InChI is InChI=1S/C35H39ClN4O3/c1-22-11-15-26(33(41)37-17-8-18-38-34(42)43-35(2,3)4)27(19-22)31(24-12-13-24)32-30(20-23-9-6-5-7-10-23)39-28-16-14-25(36)21-29(28)40-32/h5-7,9-11,14-16,19,21,24,31H,8,12-13,17-18,20H2,1-4H3,(H,37,41)(H,38,42). The van der Waals surface area contributed by atoms with Gasteiger partial charge in [0, 0.05) is 36.0 Å². The molecular weight excluding hydrogens is 560 g/mol. The minimum absolute atomic E-state index is 0.0796. The summed E-state index contributed by atoms with van der Waals surface area (Å²) in [5.74, 6) is 0.148. The Balaban J connectivity index is 1.43. The smallest absolute Gasteiger partial charge is 0.407 e. The first-order valence-electron chi connectivity index (χ1n) is 14.9. The van der Waals surface area contributed by atoms with Crippen LogP contribution in [0.3, 0.4) is 0 Å². The van der Waals surface area contributed by atoms with Crippen LogP contribution in [0, 0.1) is 12.8 Å². The van der Waals surface area contributed by atoms with Gasteiger partial charge in [-0.2, -0.15) is 0 Å². The van der Waals surface area contributed by atoms with E-state index < -0.39 is 11.7 Å². The van der Waals surface area contributed by atoms with Gasteiger partial charge in [-0.15, -0.1) is 0 Å². The molecule has 43 heavy (non-hydrogen) atoms. The van der Waals surface area contributed by atoms with Crippen molar-refractivity contribution < 1.29 is 14.3 Å². The van der Waals surface area contributed by atoms with E-state index in [1.54, 1.807) is 0 Å². The van der Waals surface area contributed by atoms with Crippen molar-refractivity contribution >= 4 is 34.6 Å². The molecule has 8 heteroatoms. The Labute approximate surface area is 258 Å². The minimum atomic E-state index is -0.555. The van der Waals surface area contributed by atoms with Crippen LogP contribution in [0.1, 0.15) is 84.4 Å². The molecule has 1 heterocycles. The van der Waals surface area contributed by atoms with Crippen molar-refractivity contribution in [2.45, 2.75) is 64.9 Å². The van der Waals surface area contributed by atoms with Gasteiger partial charge in [-0.3, -0.25) is 4.79 Å². The average Bonchev–Trinajstić information content (AvgIpc) is 3.78. The molecule has 0 saturated heterocycles. The fourth-order valence-corrected chi connectivity index (χ4v) is 5.50. The molecular formula is C35H39ClN4O3. The quantitative estimate of drug-likeness (QED) is 0.186. The lowest BCUT2D eigenvalue weighted by Gasteiger charge is -2.23. The third-order valence-electron chi connectivity index (χ3n) is 7.43. The number of fused-ring (bicyclic) bond motifs is 1. The van der Waals surface area contributed by atoms with Crippen LogP contribution in [0.2, 0.25) is 5.02 Å². The van der Waals surface area contributed by atoms with Crippen molar-refractivity contribution in [3.63, 3.8) is 0 Å². The van der Waals surface area contributed by atoms with Crippen LogP contribution >= 0.6 is 11.6 Å². The Hall–Kier alpha value is -3.97. The number of aryl methyl sites for hydroxylation is 1. The zero-order chi connectivity index (χ0) is 30.6. The monoisotopic (exact) mass is 598 g/mol. The van der Waals surface area contributed by atoms with Crippen LogP contribution in [-0.4, -0.2) is 40.7 Å². The molecule has 7 nitrogen and oxygen atoms in total.